The Hall–Kier alpha value is -3.18. The van der Waals surface area contributed by atoms with Crippen molar-refractivity contribution >= 4 is 23.7 Å². The number of amides is 1. The topological polar surface area (TPSA) is 63.6 Å². The molecule has 0 spiro atoms. The van der Waals surface area contributed by atoms with E-state index in [1.807, 2.05) is 30.3 Å². The molecule has 3 aromatic rings. The third-order valence-electron chi connectivity index (χ3n) is 3.50. The number of aromatic nitrogens is 1. The number of hydrogen-bond acceptors (Lipinski definition) is 4. The average molecular weight is 366 g/mol. The maximum absolute atomic E-state index is 12.1. The summed E-state index contributed by atoms with van der Waals surface area (Å²) in [5.41, 5.74) is 4.79. The largest absolute Gasteiger partial charge is 0.489 e. The van der Waals surface area contributed by atoms with E-state index in [1.165, 1.54) is 6.21 Å². The van der Waals surface area contributed by atoms with Gasteiger partial charge in [-0.3, -0.25) is 9.78 Å². The van der Waals surface area contributed by atoms with Gasteiger partial charge in [0, 0.05) is 28.5 Å². The third kappa shape index (κ3) is 5.16. The molecule has 0 saturated heterocycles. The van der Waals surface area contributed by atoms with Gasteiger partial charge >= 0.3 is 0 Å². The average Bonchev–Trinajstić information content (AvgIpc) is 2.69. The van der Waals surface area contributed by atoms with Crippen molar-refractivity contribution in [3.05, 3.63) is 94.8 Å². The van der Waals surface area contributed by atoms with Crippen LogP contribution in [0.5, 0.6) is 5.75 Å². The van der Waals surface area contributed by atoms with E-state index in [0.717, 1.165) is 11.1 Å². The Bertz CT molecular complexity index is 879. The van der Waals surface area contributed by atoms with Crippen LogP contribution in [0.1, 0.15) is 21.5 Å². The number of nitrogens with one attached hydrogen (secondary N) is 1. The van der Waals surface area contributed by atoms with E-state index in [4.69, 9.17) is 16.3 Å². The van der Waals surface area contributed by atoms with Crippen molar-refractivity contribution in [1.29, 1.82) is 0 Å². The quantitative estimate of drug-likeness (QED) is 0.529. The number of rotatable bonds is 6. The molecular formula is C20H16ClN3O2. The van der Waals surface area contributed by atoms with Gasteiger partial charge in [0.25, 0.3) is 5.91 Å². The van der Waals surface area contributed by atoms with Crippen LogP contribution in [-0.2, 0) is 6.61 Å². The molecule has 6 heteroatoms. The maximum atomic E-state index is 12.1. The van der Waals surface area contributed by atoms with Crippen molar-refractivity contribution in [1.82, 2.24) is 10.4 Å². The number of carbonyl (C=O) groups excluding carboxylic acids is 1. The summed E-state index contributed by atoms with van der Waals surface area (Å²) in [5, 5.41) is 4.61. The summed E-state index contributed by atoms with van der Waals surface area (Å²) < 4.78 is 5.69. The van der Waals surface area contributed by atoms with E-state index in [0.29, 0.717) is 22.9 Å². The summed E-state index contributed by atoms with van der Waals surface area (Å²) in [6.07, 6.45) is 4.86. The van der Waals surface area contributed by atoms with Gasteiger partial charge in [0.05, 0.1) is 6.21 Å². The molecule has 0 unspecified atom stereocenters. The minimum atomic E-state index is -0.297. The smallest absolute Gasteiger partial charge is 0.271 e. The Labute approximate surface area is 156 Å². The predicted molar refractivity (Wildman–Crippen MR) is 102 cm³/mol. The number of ether oxygens (including phenoxy) is 1. The third-order valence-corrected chi connectivity index (χ3v) is 3.75. The van der Waals surface area contributed by atoms with Crippen molar-refractivity contribution < 1.29 is 9.53 Å². The Morgan fingerprint density at radius 3 is 2.58 bits per heavy atom. The highest BCUT2D eigenvalue weighted by atomic mass is 35.5. The molecule has 1 aromatic heterocycles. The standard InChI is InChI=1S/C20H16ClN3O2/c21-18-7-3-15(4-8-18)14-26-19-9-5-17(6-10-19)20(25)24-23-13-16-2-1-11-22-12-16/h1-13H,14H2,(H,24,25)/b23-13-. The van der Waals surface area contributed by atoms with Crippen LogP contribution in [0.25, 0.3) is 0 Å². The van der Waals surface area contributed by atoms with Crippen molar-refractivity contribution in [3.63, 3.8) is 0 Å². The van der Waals surface area contributed by atoms with Gasteiger partial charge in [-0.2, -0.15) is 5.10 Å². The van der Waals surface area contributed by atoms with Gasteiger partial charge in [-0.05, 0) is 48.0 Å². The highest BCUT2D eigenvalue weighted by Gasteiger charge is 2.04. The first-order valence-electron chi connectivity index (χ1n) is 7.91. The molecule has 130 valence electrons. The Kier molecular flexibility index (Phi) is 5.96. The first kappa shape index (κ1) is 17.6. The zero-order chi connectivity index (χ0) is 18.2. The summed E-state index contributed by atoms with van der Waals surface area (Å²) in [4.78, 5) is 16.0. The summed E-state index contributed by atoms with van der Waals surface area (Å²) in [6, 6.07) is 18.0. The van der Waals surface area contributed by atoms with Gasteiger partial charge in [0.1, 0.15) is 12.4 Å². The molecule has 1 amide bonds. The predicted octanol–water partition coefficient (Wildman–Crippen LogP) is 4.08. The minimum Gasteiger partial charge on any atom is -0.489 e. The maximum Gasteiger partial charge on any atom is 0.271 e. The van der Waals surface area contributed by atoms with Crippen LogP contribution >= 0.6 is 11.6 Å². The van der Waals surface area contributed by atoms with E-state index >= 15 is 0 Å². The fourth-order valence-electron chi connectivity index (χ4n) is 2.13. The molecule has 1 N–H and O–H groups in total. The van der Waals surface area contributed by atoms with Crippen LogP contribution in [0.15, 0.2) is 78.2 Å². The van der Waals surface area contributed by atoms with Gasteiger partial charge in [-0.15, -0.1) is 0 Å². The Balaban J connectivity index is 1.52. The summed E-state index contributed by atoms with van der Waals surface area (Å²) in [6.45, 7) is 0.429. The number of hydrogen-bond donors (Lipinski definition) is 1. The molecule has 3 rings (SSSR count). The molecular weight excluding hydrogens is 350 g/mol. The van der Waals surface area contributed by atoms with E-state index < -0.39 is 0 Å². The Morgan fingerprint density at radius 2 is 1.88 bits per heavy atom. The van der Waals surface area contributed by atoms with E-state index in [1.54, 1.807) is 42.7 Å². The molecule has 1 heterocycles. The second-order valence-electron chi connectivity index (χ2n) is 5.43. The van der Waals surface area contributed by atoms with E-state index in [9.17, 15) is 4.79 Å². The number of nitrogens with zero attached hydrogens (tertiary/aromatic N) is 2. The van der Waals surface area contributed by atoms with Crippen molar-refractivity contribution in [3.8, 4) is 5.75 Å². The molecule has 0 bridgehead atoms. The molecule has 0 radical (unpaired) electrons. The van der Waals surface area contributed by atoms with Gasteiger partial charge in [0.2, 0.25) is 0 Å². The van der Waals surface area contributed by atoms with Crippen molar-refractivity contribution in [2.75, 3.05) is 0 Å². The van der Waals surface area contributed by atoms with Crippen LogP contribution in [0.4, 0.5) is 0 Å². The fourth-order valence-corrected chi connectivity index (χ4v) is 2.26. The number of hydrazone groups is 1. The minimum absolute atomic E-state index is 0.297. The summed E-state index contributed by atoms with van der Waals surface area (Å²) in [7, 11) is 0. The molecule has 0 saturated carbocycles. The lowest BCUT2D eigenvalue weighted by atomic mass is 10.2. The van der Waals surface area contributed by atoms with Crippen LogP contribution in [0.3, 0.4) is 0 Å². The van der Waals surface area contributed by atoms with Gasteiger partial charge < -0.3 is 4.74 Å². The SMILES string of the molecule is O=C(N/N=C\c1cccnc1)c1ccc(OCc2ccc(Cl)cc2)cc1. The first-order valence-corrected chi connectivity index (χ1v) is 8.29. The lowest BCUT2D eigenvalue weighted by molar-refractivity contribution is 0.0955. The van der Waals surface area contributed by atoms with Gasteiger partial charge in [0.15, 0.2) is 0 Å². The Morgan fingerprint density at radius 1 is 1.12 bits per heavy atom. The molecule has 0 aliphatic carbocycles. The molecule has 0 fully saturated rings. The molecule has 26 heavy (non-hydrogen) atoms. The van der Waals surface area contributed by atoms with E-state index in [2.05, 4.69) is 15.5 Å². The number of halogens is 1. The van der Waals surface area contributed by atoms with Crippen molar-refractivity contribution in [2.24, 2.45) is 5.10 Å². The molecule has 0 aliphatic rings. The summed E-state index contributed by atoms with van der Waals surface area (Å²) >= 11 is 5.86. The van der Waals surface area contributed by atoms with Crippen LogP contribution < -0.4 is 10.2 Å². The lowest BCUT2D eigenvalue weighted by Crippen LogP contribution is -2.17. The number of carbonyl (C=O) groups is 1. The first-order chi connectivity index (χ1) is 12.7. The monoisotopic (exact) mass is 365 g/mol. The zero-order valence-electron chi connectivity index (χ0n) is 13.8. The fraction of sp³-hybridized carbons (Fsp3) is 0.0500. The number of benzene rings is 2. The van der Waals surface area contributed by atoms with Crippen LogP contribution in [-0.4, -0.2) is 17.1 Å². The van der Waals surface area contributed by atoms with Crippen molar-refractivity contribution in [2.45, 2.75) is 6.61 Å². The number of pyridine rings is 1. The van der Waals surface area contributed by atoms with E-state index in [-0.39, 0.29) is 5.91 Å². The highest BCUT2D eigenvalue weighted by molar-refractivity contribution is 6.30. The van der Waals surface area contributed by atoms with Gasteiger partial charge in [-0.25, -0.2) is 5.43 Å². The van der Waals surface area contributed by atoms with Crippen LogP contribution in [0.2, 0.25) is 5.02 Å². The lowest BCUT2D eigenvalue weighted by Gasteiger charge is -2.07. The molecule has 2 aromatic carbocycles. The second-order valence-corrected chi connectivity index (χ2v) is 5.86. The summed E-state index contributed by atoms with van der Waals surface area (Å²) in [5.74, 6) is 0.379. The molecule has 0 atom stereocenters. The molecule has 0 aliphatic heterocycles. The van der Waals surface area contributed by atoms with Crippen LogP contribution in [0, 0.1) is 0 Å². The van der Waals surface area contributed by atoms with Gasteiger partial charge in [-0.1, -0.05) is 29.8 Å². The highest BCUT2D eigenvalue weighted by Crippen LogP contribution is 2.15. The zero-order valence-corrected chi connectivity index (χ0v) is 14.6. The normalized spacial score (nSPS) is 10.7. The molecule has 5 nitrogen and oxygen atoms in total. The second kappa shape index (κ2) is 8.78.